The third-order valence-electron chi connectivity index (χ3n) is 2.53. The number of nitrogen functional groups attached to an aromatic ring is 1. The average Bonchev–Trinajstić information content (AvgIpc) is 2.89. The summed E-state index contributed by atoms with van der Waals surface area (Å²) in [5.74, 6) is 0.852. The van der Waals surface area contributed by atoms with Crippen molar-refractivity contribution in [2.75, 3.05) is 5.73 Å². The van der Waals surface area contributed by atoms with E-state index in [4.69, 9.17) is 10.3 Å². The van der Waals surface area contributed by atoms with Gasteiger partial charge in [-0.25, -0.2) is 4.98 Å². The van der Waals surface area contributed by atoms with Crippen molar-refractivity contribution in [3.63, 3.8) is 0 Å². The van der Waals surface area contributed by atoms with Crippen molar-refractivity contribution in [1.29, 1.82) is 0 Å². The van der Waals surface area contributed by atoms with Gasteiger partial charge in [0, 0.05) is 21.9 Å². The molecule has 0 aliphatic carbocycles. The number of halogens is 1. The number of benzene rings is 1. The van der Waals surface area contributed by atoms with E-state index >= 15 is 0 Å². The summed E-state index contributed by atoms with van der Waals surface area (Å²) in [6.07, 6.45) is 1.67. The van der Waals surface area contributed by atoms with Crippen molar-refractivity contribution < 1.29 is 4.52 Å². The molecule has 6 heteroatoms. The fraction of sp³-hybridized carbons (Fsp3) is 0. The molecule has 0 aliphatic heterocycles. The van der Waals surface area contributed by atoms with Crippen molar-refractivity contribution in [1.82, 2.24) is 15.1 Å². The van der Waals surface area contributed by atoms with Gasteiger partial charge in [-0.3, -0.25) is 0 Å². The molecule has 0 unspecified atom stereocenters. The zero-order chi connectivity index (χ0) is 13.2. The molecule has 94 valence electrons. The van der Waals surface area contributed by atoms with E-state index < -0.39 is 0 Å². The van der Waals surface area contributed by atoms with Gasteiger partial charge < -0.3 is 10.3 Å². The van der Waals surface area contributed by atoms with Crippen molar-refractivity contribution in [2.45, 2.75) is 0 Å². The fourth-order valence-electron chi connectivity index (χ4n) is 1.66. The minimum atomic E-state index is 0.366. The molecule has 1 aromatic carbocycles. The first-order valence-electron chi connectivity index (χ1n) is 5.54. The molecule has 0 saturated carbocycles. The zero-order valence-corrected chi connectivity index (χ0v) is 11.3. The summed E-state index contributed by atoms with van der Waals surface area (Å²) in [5, 5.41) is 3.94. The summed E-state index contributed by atoms with van der Waals surface area (Å²) in [5.41, 5.74) is 7.81. The van der Waals surface area contributed by atoms with Gasteiger partial charge in [-0.15, -0.1) is 0 Å². The van der Waals surface area contributed by atoms with E-state index in [0.29, 0.717) is 23.1 Å². The van der Waals surface area contributed by atoms with E-state index in [1.165, 1.54) is 0 Å². The Hall–Kier alpha value is -2.21. The highest BCUT2D eigenvalue weighted by molar-refractivity contribution is 9.10. The molecule has 5 nitrogen and oxygen atoms in total. The summed E-state index contributed by atoms with van der Waals surface area (Å²) < 4.78 is 6.03. The predicted molar refractivity (Wildman–Crippen MR) is 75.1 cm³/mol. The van der Waals surface area contributed by atoms with Gasteiger partial charge in [0.2, 0.25) is 5.82 Å². The van der Waals surface area contributed by atoms with E-state index in [9.17, 15) is 0 Å². The Morgan fingerprint density at radius 2 is 2.05 bits per heavy atom. The van der Waals surface area contributed by atoms with Gasteiger partial charge >= 0.3 is 0 Å². The van der Waals surface area contributed by atoms with E-state index in [1.807, 2.05) is 24.3 Å². The number of rotatable bonds is 2. The Morgan fingerprint density at radius 3 is 2.84 bits per heavy atom. The number of nitrogens with zero attached hydrogens (tertiary/aromatic N) is 3. The first-order chi connectivity index (χ1) is 9.24. The molecule has 0 bridgehead atoms. The molecule has 2 heterocycles. The van der Waals surface area contributed by atoms with Gasteiger partial charge in [0.15, 0.2) is 0 Å². The van der Waals surface area contributed by atoms with E-state index in [1.54, 1.807) is 18.3 Å². The van der Waals surface area contributed by atoms with E-state index in [0.717, 1.165) is 10.0 Å². The number of pyridine rings is 1. The molecule has 0 spiro atoms. The Balaban J connectivity index is 2.03. The zero-order valence-electron chi connectivity index (χ0n) is 9.75. The van der Waals surface area contributed by atoms with E-state index in [-0.39, 0.29) is 0 Å². The summed E-state index contributed by atoms with van der Waals surface area (Å²) >= 11 is 3.40. The van der Waals surface area contributed by atoms with Crippen LogP contribution in [0.25, 0.3) is 23.0 Å². The third-order valence-corrected chi connectivity index (χ3v) is 3.17. The van der Waals surface area contributed by atoms with Crippen LogP contribution in [-0.4, -0.2) is 15.1 Å². The summed E-state index contributed by atoms with van der Waals surface area (Å²) in [6, 6.07) is 11.0. The number of aromatic nitrogens is 3. The van der Waals surface area contributed by atoms with Gasteiger partial charge in [0.25, 0.3) is 5.89 Å². The summed E-state index contributed by atoms with van der Waals surface area (Å²) in [4.78, 5) is 8.53. The van der Waals surface area contributed by atoms with Gasteiger partial charge in [0.1, 0.15) is 5.69 Å². The topological polar surface area (TPSA) is 77.8 Å². The van der Waals surface area contributed by atoms with Crippen LogP contribution in [0, 0.1) is 0 Å². The van der Waals surface area contributed by atoms with Crippen molar-refractivity contribution in [3.8, 4) is 23.0 Å². The molecular formula is C13H9BrN4O. The van der Waals surface area contributed by atoms with Crippen LogP contribution >= 0.6 is 15.9 Å². The smallest absolute Gasteiger partial charge is 0.278 e. The first-order valence-corrected chi connectivity index (χ1v) is 6.34. The lowest BCUT2D eigenvalue weighted by Gasteiger charge is -1.96. The second-order valence-corrected chi connectivity index (χ2v) is 4.74. The minimum absolute atomic E-state index is 0.366. The van der Waals surface area contributed by atoms with Crippen LogP contribution in [0.2, 0.25) is 0 Å². The van der Waals surface area contributed by atoms with Crippen LogP contribution in [0.5, 0.6) is 0 Å². The fourth-order valence-corrected chi connectivity index (χ4v) is 2.08. The van der Waals surface area contributed by atoms with E-state index in [2.05, 4.69) is 31.1 Å². The Kier molecular flexibility index (Phi) is 3.00. The maximum atomic E-state index is 5.73. The number of hydrogen-bond acceptors (Lipinski definition) is 5. The lowest BCUT2D eigenvalue weighted by molar-refractivity contribution is 0.431. The van der Waals surface area contributed by atoms with Crippen LogP contribution < -0.4 is 5.73 Å². The Labute approximate surface area is 117 Å². The molecule has 2 N–H and O–H groups in total. The molecule has 0 atom stereocenters. The second-order valence-electron chi connectivity index (χ2n) is 3.88. The van der Waals surface area contributed by atoms with Crippen LogP contribution in [0.15, 0.2) is 51.6 Å². The summed E-state index contributed by atoms with van der Waals surface area (Å²) in [6.45, 7) is 0. The van der Waals surface area contributed by atoms with Crippen molar-refractivity contribution in [3.05, 3.63) is 47.1 Å². The monoisotopic (exact) mass is 316 g/mol. The quantitative estimate of drug-likeness (QED) is 0.735. The molecule has 19 heavy (non-hydrogen) atoms. The maximum absolute atomic E-state index is 5.73. The van der Waals surface area contributed by atoms with Crippen LogP contribution in [0.3, 0.4) is 0 Å². The lowest BCUT2D eigenvalue weighted by atomic mass is 10.2. The predicted octanol–water partition coefficient (Wildman–Crippen LogP) is 3.14. The highest BCUT2D eigenvalue weighted by Gasteiger charge is 2.14. The minimum Gasteiger partial charge on any atom is -0.399 e. The van der Waals surface area contributed by atoms with Gasteiger partial charge in [-0.1, -0.05) is 17.3 Å². The Morgan fingerprint density at radius 1 is 1.16 bits per heavy atom. The second kappa shape index (κ2) is 4.81. The third kappa shape index (κ3) is 2.34. The normalized spacial score (nSPS) is 10.6. The SMILES string of the molecule is Nc1cccc(-c2noc(-c3ncccc3Br)n2)c1. The molecule has 0 fully saturated rings. The van der Waals surface area contributed by atoms with Crippen molar-refractivity contribution >= 4 is 21.6 Å². The number of hydrogen-bond donors (Lipinski definition) is 1. The van der Waals surface area contributed by atoms with Crippen LogP contribution in [0.4, 0.5) is 5.69 Å². The number of anilines is 1. The van der Waals surface area contributed by atoms with Gasteiger partial charge in [0.05, 0.1) is 0 Å². The molecule has 0 amide bonds. The molecule has 2 aromatic heterocycles. The van der Waals surface area contributed by atoms with Gasteiger partial charge in [-0.2, -0.15) is 4.98 Å². The first kappa shape index (κ1) is 11.9. The van der Waals surface area contributed by atoms with Crippen LogP contribution in [0.1, 0.15) is 0 Å². The van der Waals surface area contributed by atoms with Crippen molar-refractivity contribution in [2.24, 2.45) is 0 Å². The maximum Gasteiger partial charge on any atom is 0.278 e. The standard InChI is InChI=1S/C13H9BrN4O/c14-10-5-2-6-16-11(10)13-17-12(18-19-13)8-3-1-4-9(15)7-8/h1-7H,15H2. The van der Waals surface area contributed by atoms with Crippen LogP contribution in [-0.2, 0) is 0 Å². The largest absolute Gasteiger partial charge is 0.399 e. The average molecular weight is 317 g/mol. The lowest BCUT2D eigenvalue weighted by Crippen LogP contribution is -1.87. The molecule has 0 aliphatic rings. The summed E-state index contributed by atoms with van der Waals surface area (Å²) in [7, 11) is 0. The molecule has 0 saturated heterocycles. The molecular weight excluding hydrogens is 308 g/mol. The highest BCUT2D eigenvalue weighted by atomic mass is 79.9. The van der Waals surface area contributed by atoms with Gasteiger partial charge in [-0.05, 0) is 40.2 Å². The highest BCUT2D eigenvalue weighted by Crippen LogP contribution is 2.26. The molecule has 3 aromatic rings. The Bertz CT molecular complexity index is 726. The number of nitrogens with two attached hydrogens (primary N) is 1. The molecule has 0 radical (unpaired) electrons. The molecule has 3 rings (SSSR count).